The van der Waals surface area contributed by atoms with Crippen molar-refractivity contribution in [2.24, 2.45) is 0 Å². The van der Waals surface area contributed by atoms with Crippen LogP contribution in [0.15, 0.2) is 30.3 Å². The van der Waals surface area contributed by atoms with Gasteiger partial charge in [0.05, 0.1) is 5.69 Å². The first-order valence-corrected chi connectivity index (χ1v) is 7.35. The molecule has 5 heteroatoms. The number of carbonyl (C=O) groups is 1. The highest BCUT2D eigenvalue weighted by molar-refractivity contribution is 7.10. The Morgan fingerprint density at radius 3 is 2.75 bits per heavy atom. The van der Waals surface area contributed by atoms with E-state index in [1.54, 1.807) is 6.92 Å². The quantitative estimate of drug-likeness (QED) is 0.850. The molecule has 2 rings (SSSR count). The van der Waals surface area contributed by atoms with Crippen molar-refractivity contribution in [1.29, 1.82) is 0 Å². The molecule has 0 aliphatic carbocycles. The molecule has 106 valence electrons. The summed E-state index contributed by atoms with van der Waals surface area (Å²) in [6.07, 6.45) is 0.944. The fraction of sp³-hybridized carbons (Fsp3) is 0.333. The van der Waals surface area contributed by atoms with Crippen LogP contribution in [0, 0.1) is 6.92 Å². The van der Waals surface area contributed by atoms with E-state index in [1.165, 1.54) is 17.1 Å². The molecule has 20 heavy (non-hydrogen) atoms. The van der Waals surface area contributed by atoms with E-state index in [0.29, 0.717) is 22.2 Å². The standard InChI is InChI=1S/C15H18N2O2S/c1-10(12-6-4-3-5-7-12)8-9-16-14-13(15(18)19)11(2)17-20-14/h3-7,10,16H,8-9H2,1-2H3,(H,18,19). The van der Waals surface area contributed by atoms with Gasteiger partial charge in [-0.25, -0.2) is 4.79 Å². The molecular weight excluding hydrogens is 272 g/mol. The van der Waals surface area contributed by atoms with E-state index in [-0.39, 0.29) is 0 Å². The van der Waals surface area contributed by atoms with Crippen molar-refractivity contribution in [3.63, 3.8) is 0 Å². The zero-order chi connectivity index (χ0) is 14.5. The topological polar surface area (TPSA) is 62.2 Å². The van der Waals surface area contributed by atoms with Gasteiger partial charge in [0.2, 0.25) is 0 Å². The fourth-order valence-corrected chi connectivity index (χ4v) is 2.91. The zero-order valence-electron chi connectivity index (χ0n) is 11.6. The number of carboxylic acids is 1. The van der Waals surface area contributed by atoms with E-state index in [9.17, 15) is 4.79 Å². The van der Waals surface area contributed by atoms with Gasteiger partial charge in [-0.1, -0.05) is 37.3 Å². The van der Waals surface area contributed by atoms with Crippen LogP contribution in [-0.2, 0) is 0 Å². The largest absolute Gasteiger partial charge is 0.478 e. The highest BCUT2D eigenvalue weighted by Crippen LogP contribution is 2.25. The fourth-order valence-electron chi connectivity index (χ4n) is 2.09. The summed E-state index contributed by atoms with van der Waals surface area (Å²) in [5.74, 6) is -0.485. The van der Waals surface area contributed by atoms with Gasteiger partial charge in [-0.05, 0) is 36.4 Å². The summed E-state index contributed by atoms with van der Waals surface area (Å²) < 4.78 is 4.09. The van der Waals surface area contributed by atoms with Gasteiger partial charge >= 0.3 is 5.97 Å². The van der Waals surface area contributed by atoms with Gasteiger partial charge in [-0.3, -0.25) is 0 Å². The maximum atomic E-state index is 11.1. The monoisotopic (exact) mass is 290 g/mol. The van der Waals surface area contributed by atoms with Crippen LogP contribution in [0.1, 0.15) is 40.9 Å². The third-order valence-corrected chi connectivity index (χ3v) is 4.20. The molecule has 0 saturated heterocycles. The summed E-state index contributed by atoms with van der Waals surface area (Å²) >= 11 is 1.21. The molecule has 0 spiro atoms. The number of nitrogens with zero attached hydrogens (tertiary/aromatic N) is 1. The van der Waals surface area contributed by atoms with Crippen LogP contribution in [0.4, 0.5) is 5.00 Å². The van der Waals surface area contributed by atoms with Gasteiger partial charge in [-0.2, -0.15) is 4.37 Å². The van der Waals surface area contributed by atoms with E-state index >= 15 is 0 Å². The van der Waals surface area contributed by atoms with Gasteiger partial charge in [0.1, 0.15) is 10.6 Å². The molecule has 0 amide bonds. The number of nitrogens with one attached hydrogen (secondary N) is 1. The third-order valence-electron chi connectivity index (χ3n) is 3.31. The maximum absolute atomic E-state index is 11.1. The van der Waals surface area contributed by atoms with Crippen molar-refractivity contribution in [1.82, 2.24) is 4.37 Å². The van der Waals surface area contributed by atoms with Crippen LogP contribution in [0.3, 0.4) is 0 Å². The summed E-state index contributed by atoms with van der Waals surface area (Å²) in [6, 6.07) is 10.3. The Bertz CT molecular complexity index is 581. The number of aromatic carboxylic acids is 1. The Morgan fingerprint density at radius 1 is 1.40 bits per heavy atom. The minimum absolute atomic E-state index is 0.294. The van der Waals surface area contributed by atoms with Crippen molar-refractivity contribution >= 4 is 22.5 Å². The molecule has 0 saturated carbocycles. The second kappa shape index (κ2) is 6.52. The number of hydrogen-bond donors (Lipinski definition) is 2. The van der Waals surface area contributed by atoms with Crippen LogP contribution in [0.25, 0.3) is 0 Å². The van der Waals surface area contributed by atoms with E-state index < -0.39 is 5.97 Å². The number of aromatic nitrogens is 1. The summed E-state index contributed by atoms with van der Waals surface area (Å²) in [6.45, 7) is 4.63. The number of hydrogen-bond acceptors (Lipinski definition) is 4. The van der Waals surface area contributed by atoms with E-state index in [4.69, 9.17) is 5.11 Å². The number of anilines is 1. The number of carboxylic acid groups (broad SMARTS) is 1. The lowest BCUT2D eigenvalue weighted by molar-refractivity contribution is 0.0697. The molecule has 2 N–H and O–H groups in total. The van der Waals surface area contributed by atoms with E-state index in [1.807, 2.05) is 18.2 Å². The van der Waals surface area contributed by atoms with Gasteiger partial charge in [-0.15, -0.1) is 0 Å². The molecule has 0 aliphatic rings. The molecule has 1 unspecified atom stereocenters. The van der Waals surface area contributed by atoms with Gasteiger partial charge in [0.15, 0.2) is 0 Å². The highest BCUT2D eigenvalue weighted by Gasteiger charge is 2.17. The number of benzene rings is 1. The van der Waals surface area contributed by atoms with Crippen molar-refractivity contribution in [3.8, 4) is 0 Å². The summed E-state index contributed by atoms with van der Waals surface area (Å²) in [5, 5.41) is 13.0. The first-order chi connectivity index (χ1) is 9.59. The molecule has 1 heterocycles. The smallest absolute Gasteiger partial charge is 0.340 e. The minimum atomic E-state index is -0.921. The van der Waals surface area contributed by atoms with Crippen molar-refractivity contribution in [3.05, 3.63) is 47.2 Å². The second-order valence-corrected chi connectivity index (χ2v) is 5.58. The van der Waals surface area contributed by atoms with Crippen molar-refractivity contribution in [2.45, 2.75) is 26.2 Å². The predicted molar refractivity (Wildman–Crippen MR) is 81.8 cm³/mol. The number of aryl methyl sites for hydroxylation is 1. The average molecular weight is 290 g/mol. The summed E-state index contributed by atoms with van der Waals surface area (Å²) in [5.41, 5.74) is 2.16. The van der Waals surface area contributed by atoms with E-state index in [0.717, 1.165) is 13.0 Å². The Kier molecular flexibility index (Phi) is 4.74. The second-order valence-electron chi connectivity index (χ2n) is 4.80. The molecule has 1 aromatic carbocycles. The Hall–Kier alpha value is -1.88. The summed E-state index contributed by atoms with van der Waals surface area (Å²) in [7, 11) is 0. The molecular formula is C15H18N2O2S. The van der Waals surface area contributed by atoms with Crippen LogP contribution in [-0.4, -0.2) is 22.0 Å². The minimum Gasteiger partial charge on any atom is -0.478 e. The lowest BCUT2D eigenvalue weighted by atomic mass is 9.98. The number of rotatable bonds is 6. The molecule has 1 atom stereocenters. The Balaban J connectivity index is 1.92. The highest BCUT2D eigenvalue weighted by atomic mass is 32.1. The van der Waals surface area contributed by atoms with Gasteiger partial charge < -0.3 is 10.4 Å². The van der Waals surface area contributed by atoms with Gasteiger partial charge in [0, 0.05) is 6.54 Å². The third kappa shape index (κ3) is 3.36. The Morgan fingerprint density at radius 2 is 2.10 bits per heavy atom. The lowest BCUT2D eigenvalue weighted by Crippen LogP contribution is -2.08. The van der Waals surface area contributed by atoms with Crippen molar-refractivity contribution in [2.75, 3.05) is 11.9 Å². The van der Waals surface area contributed by atoms with E-state index in [2.05, 4.69) is 28.7 Å². The molecule has 1 aromatic heterocycles. The molecule has 0 radical (unpaired) electrons. The maximum Gasteiger partial charge on any atom is 0.340 e. The average Bonchev–Trinajstić information content (AvgIpc) is 2.81. The molecule has 0 aliphatic heterocycles. The van der Waals surface area contributed by atoms with Crippen LogP contribution in [0.5, 0.6) is 0 Å². The van der Waals surface area contributed by atoms with Crippen LogP contribution < -0.4 is 5.32 Å². The first-order valence-electron chi connectivity index (χ1n) is 6.58. The first kappa shape index (κ1) is 14.5. The van der Waals surface area contributed by atoms with Gasteiger partial charge in [0.25, 0.3) is 0 Å². The molecule has 2 aromatic rings. The SMILES string of the molecule is Cc1nsc(NCCC(C)c2ccccc2)c1C(=O)O. The lowest BCUT2D eigenvalue weighted by Gasteiger charge is -2.12. The normalized spacial score (nSPS) is 12.1. The molecule has 4 nitrogen and oxygen atoms in total. The predicted octanol–water partition coefficient (Wildman–Crippen LogP) is 3.76. The molecule has 0 fully saturated rings. The molecule has 0 bridgehead atoms. The zero-order valence-corrected chi connectivity index (χ0v) is 12.4. The Labute approximate surface area is 122 Å². The van der Waals surface area contributed by atoms with Crippen molar-refractivity contribution < 1.29 is 9.90 Å². The summed E-state index contributed by atoms with van der Waals surface area (Å²) in [4.78, 5) is 11.1. The van der Waals surface area contributed by atoms with Crippen LogP contribution >= 0.6 is 11.5 Å². The van der Waals surface area contributed by atoms with Crippen LogP contribution in [0.2, 0.25) is 0 Å².